The van der Waals surface area contributed by atoms with Gasteiger partial charge in [-0.3, -0.25) is 14.3 Å². The standard InChI is InChI=1S/C11H16F4N4O2/c1-5(2)3-19-7(16)6(8(20)18-10(19)21)17-4-11(14,15)9(12)13/h5,9,17H,3-4,16H2,1-2H3,(H,18,20,21). The first kappa shape index (κ1) is 17.1. The van der Waals surface area contributed by atoms with Crippen molar-refractivity contribution in [3.05, 3.63) is 20.8 Å². The minimum absolute atomic E-state index is 0.00810. The van der Waals surface area contributed by atoms with Gasteiger partial charge in [0.2, 0.25) is 0 Å². The summed E-state index contributed by atoms with van der Waals surface area (Å²) in [7, 11) is 0. The first-order valence-electron chi connectivity index (χ1n) is 6.08. The molecular formula is C11H16F4N4O2. The maximum Gasteiger partial charge on any atom is 0.330 e. The highest BCUT2D eigenvalue weighted by atomic mass is 19.3. The summed E-state index contributed by atoms with van der Waals surface area (Å²) in [4.78, 5) is 25.0. The maximum atomic E-state index is 12.9. The van der Waals surface area contributed by atoms with Gasteiger partial charge in [0, 0.05) is 6.54 Å². The van der Waals surface area contributed by atoms with Gasteiger partial charge < -0.3 is 11.1 Å². The van der Waals surface area contributed by atoms with Crippen LogP contribution < -0.4 is 22.3 Å². The molecule has 0 atom stereocenters. The summed E-state index contributed by atoms with van der Waals surface area (Å²) in [6, 6.07) is 0. The summed E-state index contributed by atoms with van der Waals surface area (Å²) < 4.78 is 50.8. The normalized spacial score (nSPS) is 12.2. The third kappa shape index (κ3) is 3.99. The van der Waals surface area contributed by atoms with Crippen molar-refractivity contribution in [2.24, 2.45) is 5.92 Å². The number of aromatic amines is 1. The third-order valence-electron chi connectivity index (χ3n) is 2.61. The number of hydrogen-bond donors (Lipinski definition) is 3. The maximum absolute atomic E-state index is 12.9. The second kappa shape index (κ2) is 6.19. The average Bonchev–Trinajstić information content (AvgIpc) is 2.33. The minimum atomic E-state index is -4.32. The monoisotopic (exact) mass is 312 g/mol. The highest BCUT2D eigenvalue weighted by molar-refractivity contribution is 5.60. The molecule has 0 aliphatic rings. The van der Waals surface area contributed by atoms with E-state index in [9.17, 15) is 27.2 Å². The van der Waals surface area contributed by atoms with Crippen molar-refractivity contribution >= 4 is 11.5 Å². The molecule has 1 heterocycles. The first-order valence-corrected chi connectivity index (χ1v) is 6.08. The molecule has 0 radical (unpaired) electrons. The summed E-state index contributed by atoms with van der Waals surface area (Å²) in [5.41, 5.74) is 3.22. The molecule has 6 nitrogen and oxygen atoms in total. The Hall–Kier alpha value is -2.00. The molecule has 0 spiro atoms. The molecule has 120 valence electrons. The van der Waals surface area contributed by atoms with Crippen molar-refractivity contribution in [2.75, 3.05) is 17.6 Å². The molecule has 0 saturated carbocycles. The average molecular weight is 312 g/mol. The molecule has 0 bridgehead atoms. The quantitative estimate of drug-likeness (QED) is 0.686. The van der Waals surface area contributed by atoms with E-state index in [1.165, 1.54) is 0 Å². The zero-order valence-corrected chi connectivity index (χ0v) is 11.4. The third-order valence-corrected chi connectivity index (χ3v) is 2.61. The fourth-order valence-corrected chi connectivity index (χ4v) is 1.59. The summed E-state index contributed by atoms with van der Waals surface area (Å²) in [6.07, 6.45) is -3.88. The van der Waals surface area contributed by atoms with Crippen LogP contribution in [-0.4, -0.2) is 28.4 Å². The lowest BCUT2D eigenvalue weighted by Crippen LogP contribution is -2.39. The lowest BCUT2D eigenvalue weighted by molar-refractivity contribution is -0.117. The summed E-state index contributed by atoms with van der Waals surface area (Å²) >= 11 is 0. The Balaban J connectivity index is 3.14. The molecule has 0 saturated heterocycles. The molecular weight excluding hydrogens is 296 g/mol. The number of nitrogens with zero attached hydrogens (tertiary/aromatic N) is 1. The van der Waals surface area contributed by atoms with Crippen molar-refractivity contribution in [3.8, 4) is 0 Å². The molecule has 10 heteroatoms. The number of alkyl halides is 4. The van der Waals surface area contributed by atoms with Crippen LogP contribution in [-0.2, 0) is 6.54 Å². The minimum Gasteiger partial charge on any atom is -0.383 e. The molecule has 1 aromatic rings. The first-order chi connectivity index (χ1) is 9.56. The zero-order valence-electron chi connectivity index (χ0n) is 11.4. The molecule has 0 unspecified atom stereocenters. The van der Waals surface area contributed by atoms with E-state index in [0.717, 1.165) is 4.57 Å². The Labute approximate surface area is 117 Å². The molecule has 0 aliphatic heterocycles. The second-order valence-electron chi connectivity index (χ2n) is 4.94. The van der Waals surface area contributed by atoms with Crippen LogP contribution in [0.15, 0.2) is 9.59 Å². The lowest BCUT2D eigenvalue weighted by Gasteiger charge is -2.18. The second-order valence-corrected chi connectivity index (χ2v) is 4.94. The number of rotatable bonds is 6. The molecule has 0 fully saturated rings. The van der Waals surface area contributed by atoms with Crippen LogP contribution in [0.25, 0.3) is 0 Å². The number of nitrogens with two attached hydrogens (primary N) is 1. The van der Waals surface area contributed by atoms with Crippen molar-refractivity contribution in [2.45, 2.75) is 32.7 Å². The fraction of sp³-hybridized carbons (Fsp3) is 0.636. The largest absolute Gasteiger partial charge is 0.383 e. The molecule has 4 N–H and O–H groups in total. The Bertz CT molecular complexity index is 609. The van der Waals surface area contributed by atoms with Gasteiger partial charge in [0.15, 0.2) is 0 Å². The van der Waals surface area contributed by atoms with E-state index in [2.05, 4.69) is 0 Å². The number of H-pyrrole nitrogens is 1. The molecule has 0 aliphatic carbocycles. The van der Waals surface area contributed by atoms with E-state index >= 15 is 0 Å². The number of halogens is 4. The van der Waals surface area contributed by atoms with E-state index in [4.69, 9.17) is 5.73 Å². The Morgan fingerprint density at radius 3 is 2.38 bits per heavy atom. The van der Waals surface area contributed by atoms with Gasteiger partial charge in [0.1, 0.15) is 11.5 Å². The Kier molecular flexibility index (Phi) is 5.02. The smallest absolute Gasteiger partial charge is 0.330 e. The summed E-state index contributed by atoms with van der Waals surface area (Å²) in [5.74, 6) is -4.70. The number of anilines is 2. The van der Waals surface area contributed by atoms with Crippen LogP contribution >= 0.6 is 0 Å². The highest BCUT2D eigenvalue weighted by Gasteiger charge is 2.40. The molecule has 0 aromatic carbocycles. The van der Waals surface area contributed by atoms with E-state index in [1.807, 2.05) is 10.3 Å². The van der Waals surface area contributed by atoms with Gasteiger partial charge >= 0.3 is 18.0 Å². The number of nitrogen functional groups attached to an aromatic ring is 1. The number of nitrogens with one attached hydrogen (secondary N) is 2. The van der Waals surface area contributed by atoms with Gasteiger partial charge in [0.25, 0.3) is 5.56 Å². The Morgan fingerprint density at radius 1 is 1.33 bits per heavy atom. The van der Waals surface area contributed by atoms with Gasteiger partial charge in [-0.25, -0.2) is 13.6 Å². The number of aromatic nitrogens is 2. The predicted octanol–water partition coefficient (Wildman–Crippen LogP) is 1.09. The van der Waals surface area contributed by atoms with Crippen LogP contribution in [0.1, 0.15) is 13.8 Å². The molecule has 21 heavy (non-hydrogen) atoms. The topological polar surface area (TPSA) is 92.9 Å². The van der Waals surface area contributed by atoms with Gasteiger partial charge in [0.05, 0.1) is 6.54 Å². The Morgan fingerprint density at radius 2 is 1.90 bits per heavy atom. The predicted molar refractivity (Wildman–Crippen MR) is 70.0 cm³/mol. The van der Waals surface area contributed by atoms with E-state index in [0.29, 0.717) is 0 Å². The van der Waals surface area contributed by atoms with E-state index in [1.54, 1.807) is 13.8 Å². The van der Waals surface area contributed by atoms with Crippen molar-refractivity contribution in [1.82, 2.24) is 9.55 Å². The van der Waals surface area contributed by atoms with E-state index in [-0.39, 0.29) is 18.3 Å². The van der Waals surface area contributed by atoms with Crippen LogP contribution in [0.4, 0.5) is 29.1 Å². The van der Waals surface area contributed by atoms with Crippen molar-refractivity contribution in [1.29, 1.82) is 0 Å². The van der Waals surface area contributed by atoms with Crippen molar-refractivity contribution < 1.29 is 17.6 Å². The van der Waals surface area contributed by atoms with Gasteiger partial charge in [-0.05, 0) is 5.92 Å². The van der Waals surface area contributed by atoms with Gasteiger partial charge in [-0.2, -0.15) is 8.78 Å². The van der Waals surface area contributed by atoms with Crippen molar-refractivity contribution in [3.63, 3.8) is 0 Å². The number of hydrogen-bond acceptors (Lipinski definition) is 4. The van der Waals surface area contributed by atoms with Gasteiger partial charge in [-0.1, -0.05) is 13.8 Å². The lowest BCUT2D eigenvalue weighted by atomic mass is 10.2. The van der Waals surface area contributed by atoms with Gasteiger partial charge in [-0.15, -0.1) is 0 Å². The van der Waals surface area contributed by atoms with Crippen LogP contribution in [0.2, 0.25) is 0 Å². The highest BCUT2D eigenvalue weighted by Crippen LogP contribution is 2.23. The van der Waals surface area contributed by atoms with Crippen LogP contribution in [0.5, 0.6) is 0 Å². The SMILES string of the molecule is CC(C)Cn1c(N)c(NCC(F)(F)C(F)F)c(=O)[nH]c1=O. The van der Waals surface area contributed by atoms with Crippen LogP contribution in [0, 0.1) is 5.92 Å². The van der Waals surface area contributed by atoms with Crippen LogP contribution in [0.3, 0.4) is 0 Å². The summed E-state index contributed by atoms with van der Waals surface area (Å²) in [6.45, 7) is 2.21. The summed E-state index contributed by atoms with van der Waals surface area (Å²) in [5, 5.41) is 1.89. The fourth-order valence-electron chi connectivity index (χ4n) is 1.59. The van der Waals surface area contributed by atoms with E-state index < -0.39 is 35.8 Å². The zero-order chi connectivity index (χ0) is 16.4. The molecule has 1 rings (SSSR count). The molecule has 0 amide bonds. The molecule has 1 aromatic heterocycles.